The topological polar surface area (TPSA) is 67.0 Å². The number of carbonyl (C=O) groups is 1. The van der Waals surface area contributed by atoms with Gasteiger partial charge in [0.1, 0.15) is 5.69 Å². The maximum absolute atomic E-state index is 11.8. The number of hydrogen-bond acceptors (Lipinski definition) is 3. The third kappa shape index (κ3) is 3.30. The van der Waals surface area contributed by atoms with Crippen molar-refractivity contribution in [2.24, 2.45) is 0 Å². The summed E-state index contributed by atoms with van der Waals surface area (Å²) in [6.45, 7) is 3.48. The summed E-state index contributed by atoms with van der Waals surface area (Å²) in [6.07, 6.45) is 4.25. The molecule has 17 heavy (non-hydrogen) atoms. The Morgan fingerprint density at radius 1 is 1.71 bits per heavy atom. The van der Waals surface area contributed by atoms with Gasteiger partial charge in [-0.25, -0.2) is 0 Å². The van der Waals surface area contributed by atoms with Gasteiger partial charge < -0.3 is 10.1 Å². The van der Waals surface area contributed by atoms with Crippen LogP contribution < -0.4 is 5.32 Å². The Morgan fingerprint density at radius 2 is 2.59 bits per heavy atom. The molecule has 1 aliphatic heterocycles. The molecular weight excluding hydrogens is 218 g/mol. The summed E-state index contributed by atoms with van der Waals surface area (Å²) in [5.41, 5.74) is 1.47. The van der Waals surface area contributed by atoms with Crippen molar-refractivity contribution in [1.82, 2.24) is 15.5 Å². The summed E-state index contributed by atoms with van der Waals surface area (Å²) in [5, 5.41) is 9.73. The van der Waals surface area contributed by atoms with Gasteiger partial charge in [-0.2, -0.15) is 5.10 Å². The first kappa shape index (κ1) is 12.1. The highest BCUT2D eigenvalue weighted by atomic mass is 16.5. The molecule has 1 aromatic heterocycles. The number of rotatable bonds is 5. The summed E-state index contributed by atoms with van der Waals surface area (Å²) in [5.74, 6) is -0.126. The highest BCUT2D eigenvalue weighted by Gasteiger charge is 2.17. The summed E-state index contributed by atoms with van der Waals surface area (Å²) in [6, 6.07) is 1.81. The van der Waals surface area contributed by atoms with Crippen LogP contribution in [0.4, 0.5) is 0 Å². The van der Waals surface area contributed by atoms with Crippen LogP contribution in [0.15, 0.2) is 6.07 Å². The van der Waals surface area contributed by atoms with Gasteiger partial charge in [-0.1, -0.05) is 13.3 Å². The van der Waals surface area contributed by atoms with Crippen LogP contribution >= 0.6 is 0 Å². The summed E-state index contributed by atoms with van der Waals surface area (Å²) in [7, 11) is 0. The number of carbonyl (C=O) groups excluding carboxylic acids is 1. The van der Waals surface area contributed by atoms with Gasteiger partial charge in [0.25, 0.3) is 5.91 Å². The zero-order chi connectivity index (χ0) is 12.1. The van der Waals surface area contributed by atoms with E-state index in [1.807, 2.05) is 6.07 Å². The van der Waals surface area contributed by atoms with Gasteiger partial charge in [0.2, 0.25) is 0 Å². The minimum absolute atomic E-state index is 0.126. The lowest BCUT2D eigenvalue weighted by Gasteiger charge is -2.09. The fourth-order valence-corrected chi connectivity index (χ4v) is 1.98. The molecule has 2 heterocycles. The number of ether oxygens (including phenoxy) is 1. The lowest BCUT2D eigenvalue weighted by molar-refractivity contribution is 0.0853. The first-order valence-electron chi connectivity index (χ1n) is 6.23. The molecule has 0 radical (unpaired) electrons. The molecule has 0 aromatic carbocycles. The highest BCUT2D eigenvalue weighted by Crippen LogP contribution is 2.10. The number of H-pyrrole nitrogens is 1. The van der Waals surface area contributed by atoms with Crippen LogP contribution in [-0.4, -0.2) is 35.4 Å². The largest absolute Gasteiger partial charge is 0.376 e. The lowest BCUT2D eigenvalue weighted by Crippen LogP contribution is -2.31. The van der Waals surface area contributed by atoms with Crippen molar-refractivity contribution in [3.63, 3.8) is 0 Å². The molecule has 0 bridgehead atoms. The van der Waals surface area contributed by atoms with E-state index in [2.05, 4.69) is 22.4 Å². The first-order valence-corrected chi connectivity index (χ1v) is 6.23. The van der Waals surface area contributed by atoms with Crippen LogP contribution in [0.2, 0.25) is 0 Å². The maximum atomic E-state index is 11.8. The van der Waals surface area contributed by atoms with Crippen LogP contribution in [0.1, 0.15) is 42.4 Å². The fraction of sp³-hybridized carbons (Fsp3) is 0.667. The number of amides is 1. The number of aryl methyl sites for hydroxylation is 1. The number of hydrogen-bond donors (Lipinski definition) is 2. The van der Waals surface area contributed by atoms with Crippen molar-refractivity contribution in [3.05, 3.63) is 17.5 Å². The maximum Gasteiger partial charge on any atom is 0.271 e. The zero-order valence-corrected chi connectivity index (χ0v) is 10.2. The Morgan fingerprint density at radius 3 is 3.29 bits per heavy atom. The molecule has 1 fully saturated rings. The highest BCUT2D eigenvalue weighted by molar-refractivity contribution is 5.92. The average molecular weight is 237 g/mol. The summed E-state index contributed by atoms with van der Waals surface area (Å²) < 4.78 is 5.44. The predicted molar refractivity (Wildman–Crippen MR) is 63.9 cm³/mol. The molecule has 0 aliphatic carbocycles. The molecule has 0 spiro atoms. The monoisotopic (exact) mass is 237 g/mol. The second-order valence-electron chi connectivity index (χ2n) is 4.37. The molecule has 5 heteroatoms. The molecule has 1 unspecified atom stereocenters. The van der Waals surface area contributed by atoms with E-state index in [9.17, 15) is 4.79 Å². The van der Waals surface area contributed by atoms with Gasteiger partial charge in [-0.3, -0.25) is 9.89 Å². The Bertz CT molecular complexity index is 370. The molecule has 1 aliphatic rings. The van der Waals surface area contributed by atoms with Gasteiger partial charge in [0.15, 0.2) is 0 Å². The normalized spacial score (nSPS) is 19.5. The van der Waals surface area contributed by atoms with E-state index in [4.69, 9.17) is 4.74 Å². The number of aromatic amines is 1. The lowest BCUT2D eigenvalue weighted by atomic mass is 10.2. The van der Waals surface area contributed by atoms with E-state index >= 15 is 0 Å². The smallest absolute Gasteiger partial charge is 0.271 e. The molecule has 94 valence electrons. The van der Waals surface area contributed by atoms with Crippen molar-refractivity contribution in [2.75, 3.05) is 13.2 Å². The fourth-order valence-electron chi connectivity index (χ4n) is 1.98. The Balaban J connectivity index is 1.81. The van der Waals surface area contributed by atoms with Crippen molar-refractivity contribution in [2.45, 2.75) is 38.7 Å². The Labute approximate surface area is 101 Å². The van der Waals surface area contributed by atoms with Crippen LogP contribution in [0.5, 0.6) is 0 Å². The third-order valence-corrected chi connectivity index (χ3v) is 2.90. The SMILES string of the molecule is CCCc1cc(C(=O)NCC2CCCO2)n[nH]1. The zero-order valence-electron chi connectivity index (χ0n) is 10.2. The van der Waals surface area contributed by atoms with Crippen LogP contribution in [-0.2, 0) is 11.2 Å². The molecule has 1 saturated heterocycles. The second-order valence-corrected chi connectivity index (χ2v) is 4.37. The molecule has 2 rings (SSSR count). The summed E-state index contributed by atoms with van der Waals surface area (Å²) in [4.78, 5) is 11.8. The molecule has 0 saturated carbocycles. The Hall–Kier alpha value is -1.36. The quantitative estimate of drug-likeness (QED) is 0.810. The Kier molecular flexibility index (Phi) is 4.14. The van der Waals surface area contributed by atoms with E-state index in [0.717, 1.165) is 38.0 Å². The van der Waals surface area contributed by atoms with Gasteiger partial charge in [-0.15, -0.1) is 0 Å². The molecule has 1 amide bonds. The predicted octanol–water partition coefficient (Wildman–Crippen LogP) is 1.27. The van der Waals surface area contributed by atoms with E-state index in [-0.39, 0.29) is 12.0 Å². The minimum Gasteiger partial charge on any atom is -0.376 e. The standard InChI is InChI=1S/C12H19N3O2/c1-2-4-9-7-11(15-14-9)12(16)13-8-10-5-3-6-17-10/h7,10H,2-6,8H2,1H3,(H,13,16)(H,14,15). The van der Waals surface area contributed by atoms with Crippen LogP contribution in [0.25, 0.3) is 0 Å². The average Bonchev–Trinajstić information content (AvgIpc) is 2.97. The number of nitrogens with one attached hydrogen (secondary N) is 2. The second kappa shape index (κ2) is 5.82. The van der Waals surface area contributed by atoms with Crippen molar-refractivity contribution in [1.29, 1.82) is 0 Å². The molecule has 1 atom stereocenters. The van der Waals surface area contributed by atoms with E-state index in [1.54, 1.807) is 0 Å². The van der Waals surface area contributed by atoms with Gasteiger partial charge >= 0.3 is 0 Å². The van der Waals surface area contributed by atoms with Crippen LogP contribution in [0.3, 0.4) is 0 Å². The van der Waals surface area contributed by atoms with Crippen molar-refractivity contribution >= 4 is 5.91 Å². The van der Waals surface area contributed by atoms with E-state index in [0.29, 0.717) is 12.2 Å². The van der Waals surface area contributed by atoms with E-state index < -0.39 is 0 Å². The van der Waals surface area contributed by atoms with E-state index in [1.165, 1.54) is 0 Å². The first-order chi connectivity index (χ1) is 8.29. The van der Waals surface area contributed by atoms with Crippen molar-refractivity contribution in [3.8, 4) is 0 Å². The third-order valence-electron chi connectivity index (χ3n) is 2.90. The molecule has 2 N–H and O–H groups in total. The molecule has 5 nitrogen and oxygen atoms in total. The van der Waals surface area contributed by atoms with Crippen LogP contribution in [0, 0.1) is 0 Å². The van der Waals surface area contributed by atoms with Crippen molar-refractivity contribution < 1.29 is 9.53 Å². The van der Waals surface area contributed by atoms with Gasteiger partial charge in [0.05, 0.1) is 6.10 Å². The number of aromatic nitrogens is 2. The van der Waals surface area contributed by atoms with Gasteiger partial charge in [0, 0.05) is 18.8 Å². The minimum atomic E-state index is -0.126. The molecular formula is C12H19N3O2. The van der Waals surface area contributed by atoms with Gasteiger partial charge in [-0.05, 0) is 25.3 Å². The number of nitrogens with zero attached hydrogens (tertiary/aromatic N) is 1. The summed E-state index contributed by atoms with van der Waals surface area (Å²) >= 11 is 0. The molecule has 1 aromatic rings.